The number of urea groups is 1. The number of fused-ring (bicyclic) bond motifs is 1. The molecule has 2 heterocycles. The summed E-state index contributed by atoms with van der Waals surface area (Å²) < 4.78 is 22.8. The van der Waals surface area contributed by atoms with Crippen molar-refractivity contribution in [2.24, 2.45) is 0 Å². The van der Waals surface area contributed by atoms with Crippen molar-refractivity contribution < 1.29 is 22.8 Å². The van der Waals surface area contributed by atoms with Gasteiger partial charge in [0.1, 0.15) is 0 Å². The topological polar surface area (TPSA) is 113 Å². The molecule has 1 aromatic carbocycles. The van der Waals surface area contributed by atoms with E-state index in [2.05, 4.69) is 10.6 Å². The van der Waals surface area contributed by atoms with Crippen LogP contribution < -0.4 is 10.6 Å². The zero-order valence-electron chi connectivity index (χ0n) is 13.9. The van der Waals surface area contributed by atoms with Crippen LogP contribution in [0.3, 0.4) is 0 Å². The number of hydrogen-bond donors (Lipinski definition) is 2. The lowest BCUT2D eigenvalue weighted by molar-refractivity contribution is 0.0609. The summed E-state index contributed by atoms with van der Waals surface area (Å²) in [6.07, 6.45) is 0.385. The van der Waals surface area contributed by atoms with Crippen LogP contribution in [0.4, 0.5) is 10.5 Å². The summed E-state index contributed by atoms with van der Waals surface area (Å²) in [6, 6.07) is 3.30. The van der Waals surface area contributed by atoms with Crippen molar-refractivity contribution in [2.75, 3.05) is 16.8 Å². The van der Waals surface area contributed by atoms with Gasteiger partial charge in [0.05, 0.1) is 22.6 Å². The van der Waals surface area contributed by atoms with Gasteiger partial charge in [-0.2, -0.15) is 0 Å². The molecule has 25 heavy (non-hydrogen) atoms. The lowest BCUT2D eigenvalue weighted by atomic mass is 10.1. The number of rotatable bonds is 3. The first kappa shape index (κ1) is 17.4. The number of nitrogens with zero attached hydrogens (tertiary/aromatic N) is 1. The van der Waals surface area contributed by atoms with Crippen molar-refractivity contribution in [2.45, 2.75) is 32.4 Å². The van der Waals surface area contributed by atoms with Crippen molar-refractivity contribution >= 4 is 33.4 Å². The Hall–Kier alpha value is -2.42. The lowest BCUT2D eigenvalue weighted by Crippen LogP contribution is -2.38. The molecule has 134 valence electrons. The minimum Gasteiger partial charge on any atom is -0.334 e. The van der Waals surface area contributed by atoms with Crippen LogP contribution in [0.15, 0.2) is 18.2 Å². The second kappa shape index (κ2) is 6.14. The maximum atomic E-state index is 12.3. The van der Waals surface area contributed by atoms with Gasteiger partial charge in [0.25, 0.3) is 11.8 Å². The summed E-state index contributed by atoms with van der Waals surface area (Å²) in [7, 11) is -3.08. The van der Waals surface area contributed by atoms with Gasteiger partial charge in [-0.15, -0.1) is 0 Å². The molecule has 0 radical (unpaired) electrons. The molecule has 0 aromatic heterocycles. The van der Waals surface area contributed by atoms with Crippen LogP contribution in [0.25, 0.3) is 0 Å². The zero-order valence-corrected chi connectivity index (χ0v) is 14.7. The molecule has 1 aromatic rings. The molecule has 0 spiro atoms. The Bertz CT molecular complexity index is 863. The maximum absolute atomic E-state index is 12.3. The molecule has 1 atom stereocenters. The Morgan fingerprint density at radius 2 is 1.88 bits per heavy atom. The minimum absolute atomic E-state index is 0.0679. The smallest absolute Gasteiger partial charge is 0.319 e. The molecule has 1 saturated heterocycles. The van der Waals surface area contributed by atoms with E-state index in [1.165, 1.54) is 17.0 Å². The number of carbonyl (C=O) groups is 3. The fourth-order valence-electron chi connectivity index (χ4n) is 3.07. The highest BCUT2D eigenvalue weighted by atomic mass is 32.2. The summed E-state index contributed by atoms with van der Waals surface area (Å²) in [4.78, 5) is 37.8. The maximum Gasteiger partial charge on any atom is 0.319 e. The summed E-state index contributed by atoms with van der Waals surface area (Å²) in [5.74, 6) is -0.734. The van der Waals surface area contributed by atoms with Crippen LogP contribution in [0.1, 0.15) is 41.0 Å². The van der Waals surface area contributed by atoms with Crippen LogP contribution in [0.2, 0.25) is 0 Å². The van der Waals surface area contributed by atoms with Crippen molar-refractivity contribution in [1.29, 1.82) is 0 Å². The summed E-state index contributed by atoms with van der Waals surface area (Å²) in [6.45, 7) is 3.51. The number of benzene rings is 1. The van der Waals surface area contributed by atoms with Gasteiger partial charge in [0.15, 0.2) is 9.84 Å². The minimum atomic E-state index is -3.08. The second-order valence-electron chi connectivity index (χ2n) is 6.53. The molecule has 2 aliphatic heterocycles. The number of sulfone groups is 1. The molecule has 9 heteroatoms. The standard InChI is InChI=1S/C16H19N3O5S/c1-9(2)19-14(20)12-4-3-10(7-13(12)15(19)21)17-16(22)18-11-5-6-25(23,24)8-11/h3-4,7,9,11H,5-6,8H2,1-2H3,(H2,17,18,22). The number of hydrogen-bond acceptors (Lipinski definition) is 5. The molecule has 2 aliphatic rings. The van der Waals surface area contributed by atoms with E-state index in [4.69, 9.17) is 0 Å². The number of amides is 4. The van der Waals surface area contributed by atoms with Crippen molar-refractivity contribution in [3.05, 3.63) is 29.3 Å². The van der Waals surface area contributed by atoms with E-state index in [1.807, 2.05) is 0 Å². The Morgan fingerprint density at radius 1 is 1.20 bits per heavy atom. The molecule has 0 bridgehead atoms. The predicted molar refractivity (Wildman–Crippen MR) is 91.3 cm³/mol. The average molecular weight is 365 g/mol. The molecule has 1 fully saturated rings. The van der Waals surface area contributed by atoms with Crippen LogP contribution in [-0.4, -0.2) is 54.8 Å². The molecule has 4 amide bonds. The van der Waals surface area contributed by atoms with Gasteiger partial charge in [-0.1, -0.05) is 0 Å². The second-order valence-corrected chi connectivity index (χ2v) is 8.76. The van der Waals surface area contributed by atoms with E-state index in [0.717, 1.165) is 0 Å². The lowest BCUT2D eigenvalue weighted by Gasteiger charge is -2.17. The van der Waals surface area contributed by atoms with Crippen LogP contribution in [-0.2, 0) is 9.84 Å². The first-order valence-corrected chi connectivity index (χ1v) is 9.80. The highest BCUT2D eigenvalue weighted by Crippen LogP contribution is 2.27. The molecule has 3 rings (SSSR count). The first-order chi connectivity index (χ1) is 11.7. The van der Waals surface area contributed by atoms with E-state index >= 15 is 0 Å². The van der Waals surface area contributed by atoms with Gasteiger partial charge in [-0.05, 0) is 38.5 Å². The van der Waals surface area contributed by atoms with E-state index in [9.17, 15) is 22.8 Å². The van der Waals surface area contributed by atoms with Gasteiger partial charge in [-0.3, -0.25) is 14.5 Å². The molecule has 0 aliphatic carbocycles. The molecule has 0 saturated carbocycles. The van der Waals surface area contributed by atoms with E-state index in [1.54, 1.807) is 19.9 Å². The average Bonchev–Trinajstić information content (AvgIpc) is 2.96. The predicted octanol–water partition coefficient (Wildman–Crippen LogP) is 1.000. The Kier molecular flexibility index (Phi) is 4.28. The number of anilines is 1. The number of imide groups is 1. The fraction of sp³-hybridized carbons (Fsp3) is 0.438. The Labute approximate surface area is 145 Å². The molecule has 2 N–H and O–H groups in total. The van der Waals surface area contributed by atoms with E-state index in [-0.39, 0.29) is 34.9 Å². The molecular formula is C16H19N3O5S. The number of nitrogens with one attached hydrogen (secondary N) is 2. The highest BCUT2D eigenvalue weighted by Gasteiger charge is 2.37. The third-order valence-electron chi connectivity index (χ3n) is 4.26. The van der Waals surface area contributed by atoms with Crippen LogP contribution >= 0.6 is 0 Å². The number of carbonyl (C=O) groups excluding carboxylic acids is 3. The van der Waals surface area contributed by atoms with Gasteiger partial charge < -0.3 is 10.6 Å². The molecule has 8 nitrogen and oxygen atoms in total. The SMILES string of the molecule is CC(C)N1C(=O)c2ccc(NC(=O)NC3CCS(=O)(=O)C3)cc2C1=O. The van der Waals surface area contributed by atoms with Crippen LogP contribution in [0.5, 0.6) is 0 Å². The fourth-order valence-corrected chi connectivity index (χ4v) is 4.74. The third-order valence-corrected chi connectivity index (χ3v) is 6.03. The van der Waals surface area contributed by atoms with Gasteiger partial charge in [0.2, 0.25) is 0 Å². The molecular weight excluding hydrogens is 346 g/mol. The first-order valence-electron chi connectivity index (χ1n) is 7.98. The van der Waals surface area contributed by atoms with E-state index < -0.39 is 21.9 Å². The quantitative estimate of drug-likeness (QED) is 0.776. The highest BCUT2D eigenvalue weighted by molar-refractivity contribution is 7.91. The van der Waals surface area contributed by atoms with Crippen LogP contribution in [0, 0.1) is 0 Å². The van der Waals surface area contributed by atoms with Crippen molar-refractivity contribution in [1.82, 2.24) is 10.2 Å². The van der Waals surface area contributed by atoms with Crippen molar-refractivity contribution in [3.8, 4) is 0 Å². The Balaban J connectivity index is 1.71. The van der Waals surface area contributed by atoms with Gasteiger partial charge in [0, 0.05) is 17.8 Å². The van der Waals surface area contributed by atoms with E-state index in [0.29, 0.717) is 17.7 Å². The Morgan fingerprint density at radius 3 is 2.48 bits per heavy atom. The van der Waals surface area contributed by atoms with Crippen molar-refractivity contribution in [3.63, 3.8) is 0 Å². The normalized spacial score (nSPS) is 21.6. The zero-order chi connectivity index (χ0) is 18.4. The summed E-state index contributed by atoms with van der Waals surface area (Å²) >= 11 is 0. The largest absolute Gasteiger partial charge is 0.334 e. The van der Waals surface area contributed by atoms with Gasteiger partial charge in [-0.25, -0.2) is 13.2 Å². The molecule has 1 unspecified atom stereocenters. The van der Waals surface area contributed by atoms with Gasteiger partial charge >= 0.3 is 6.03 Å². The monoisotopic (exact) mass is 365 g/mol. The summed E-state index contributed by atoms with van der Waals surface area (Å²) in [5.41, 5.74) is 0.926. The summed E-state index contributed by atoms with van der Waals surface area (Å²) in [5, 5.41) is 5.18. The third kappa shape index (κ3) is 3.37.